The summed E-state index contributed by atoms with van der Waals surface area (Å²) in [4.78, 5) is 11.6. The molecule has 0 saturated carbocycles. The number of esters is 1. The number of hydrogen-bond donors (Lipinski definition) is 0. The summed E-state index contributed by atoms with van der Waals surface area (Å²) in [5.74, 6) is -0.307. The van der Waals surface area contributed by atoms with E-state index in [4.69, 9.17) is 10.00 Å². The molecule has 1 aromatic carbocycles. The Bertz CT molecular complexity index is 580. The Labute approximate surface area is 96.9 Å². The van der Waals surface area contributed by atoms with Crippen LogP contribution in [0.4, 0.5) is 0 Å². The van der Waals surface area contributed by atoms with Crippen molar-refractivity contribution in [1.82, 2.24) is 0 Å². The Morgan fingerprint density at radius 1 is 1.56 bits per heavy atom. The third-order valence-electron chi connectivity index (χ3n) is 2.20. The van der Waals surface area contributed by atoms with E-state index in [1.807, 2.05) is 0 Å². The molecule has 80 valence electrons. The van der Waals surface area contributed by atoms with E-state index in [-0.39, 0.29) is 5.97 Å². The third-order valence-corrected chi connectivity index (χ3v) is 3.15. The number of thiophene rings is 1. The van der Waals surface area contributed by atoms with Gasteiger partial charge in [0.1, 0.15) is 0 Å². The number of fused-ring (bicyclic) bond motifs is 1. The molecule has 0 spiro atoms. The summed E-state index contributed by atoms with van der Waals surface area (Å²) in [5.41, 5.74) is 1.18. The summed E-state index contributed by atoms with van der Waals surface area (Å²) in [6.45, 7) is 2.15. The average molecular weight is 231 g/mol. The summed E-state index contributed by atoms with van der Waals surface area (Å²) < 4.78 is 5.89. The van der Waals surface area contributed by atoms with Crippen molar-refractivity contribution in [2.24, 2.45) is 0 Å². The highest BCUT2D eigenvalue weighted by atomic mass is 32.1. The lowest BCUT2D eigenvalue weighted by atomic mass is 10.1. The van der Waals surface area contributed by atoms with E-state index in [0.29, 0.717) is 17.7 Å². The molecule has 0 unspecified atom stereocenters. The summed E-state index contributed by atoms with van der Waals surface area (Å²) in [7, 11) is 0. The molecule has 0 aliphatic heterocycles. The third kappa shape index (κ3) is 1.77. The molecule has 2 rings (SSSR count). The smallest absolute Gasteiger partial charge is 0.339 e. The van der Waals surface area contributed by atoms with Crippen LogP contribution in [0.3, 0.4) is 0 Å². The molecule has 0 amide bonds. The van der Waals surface area contributed by atoms with Gasteiger partial charge in [-0.1, -0.05) is 6.07 Å². The van der Waals surface area contributed by atoms with Crippen molar-refractivity contribution < 1.29 is 9.53 Å². The molecular weight excluding hydrogens is 222 g/mol. The van der Waals surface area contributed by atoms with Gasteiger partial charge in [-0.3, -0.25) is 0 Å². The Kier molecular flexibility index (Phi) is 2.88. The Balaban J connectivity index is 2.50. The quantitative estimate of drug-likeness (QED) is 0.746. The lowest BCUT2D eigenvalue weighted by molar-refractivity contribution is 0.0529. The topological polar surface area (TPSA) is 50.1 Å². The van der Waals surface area contributed by atoms with E-state index in [1.165, 1.54) is 11.3 Å². The second-order valence-corrected chi connectivity index (χ2v) is 4.10. The minimum Gasteiger partial charge on any atom is -0.462 e. The first-order chi connectivity index (χ1) is 7.76. The summed E-state index contributed by atoms with van der Waals surface area (Å²) >= 11 is 1.45. The highest BCUT2D eigenvalue weighted by Gasteiger charge is 2.13. The second kappa shape index (κ2) is 4.33. The normalized spacial score (nSPS) is 10.0. The lowest BCUT2D eigenvalue weighted by Crippen LogP contribution is -2.03. The van der Waals surface area contributed by atoms with Gasteiger partial charge in [0.05, 0.1) is 23.8 Å². The zero-order valence-electron chi connectivity index (χ0n) is 8.69. The monoisotopic (exact) mass is 231 g/mol. The molecule has 2 aromatic rings. The van der Waals surface area contributed by atoms with Crippen molar-refractivity contribution >= 4 is 27.4 Å². The summed E-state index contributed by atoms with van der Waals surface area (Å²) in [6.07, 6.45) is 0. The molecule has 1 aromatic heterocycles. The maximum Gasteiger partial charge on any atom is 0.339 e. The standard InChI is InChI=1S/C12H9NO2S/c1-2-15-12(14)10-7-16-11-5-8(6-13)3-4-9(10)11/h3-5,7H,2H2,1H3. The number of nitriles is 1. The largest absolute Gasteiger partial charge is 0.462 e. The molecule has 1 heterocycles. The fourth-order valence-corrected chi connectivity index (χ4v) is 2.43. The van der Waals surface area contributed by atoms with Gasteiger partial charge in [0.25, 0.3) is 0 Å². The highest BCUT2D eigenvalue weighted by Crippen LogP contribution is 2.27. The first kappa shape index (κ1) is 10.7. The zero-order valence-corrected chi connectivity index (χ0v) is 9.50. The van der Waals surface area contributed by atoms with Gasteiger partial charge in [0.15, 0.2) is 0 Å². The number of rotatable bonds is 2. The fourth-order valence-electron chi connectivity index (χ4n) is 1.46. The Morgan fingerprint density at radius 3 is 3.06 bits per heavy atom. The number of hydrogen-bond acceptors (Lipinski definition) is 4. The zero-order chi connectivity index (χ0) is 11.5. The van der Waals surface area contributed by atoms with Gasteiger partial charge in [-0.15, -0.1) is 11.3 Å². The average Bonchev–Trinajstić information content (AvgIpc) is 2.71. The molecule has 16 heavy (non-hydrogen) atoms. The van der Waals surface area contributed by atoms with Crippen molar-refractivity contribution in [3.8, 4) is 6.07 Å². The first-order valence-corrected chi connectivity index (χ1v) is 5.72. The molecule has 0 aliphatic carbocycles. The van der Waals surface area contributed by atoms with Gasteiger partial charge >= 0.3 is 5.97 Å². The van der Waals surface area contributed by atoms with Crippen molar-refractivity contribution in [1.29, 1.82) is 5.26 Å². The summed E-state index contributed by atoms with van der Waals surface area (Å²) in [6, 6.07) is 7.35. The predicted octanol–water partition coefficient (Wildman–Crippen LogP) is 2.95. The maximum atomic E-state index is 11.6. The number of nitrogens with zero attached hydrogens (tertiary/aromatic N) is 1. The molecule has 0 atom stereocenters. The van der Waals surface area contributed by atoms with Crippen molar-refractivity contribution in [2.75, 3.05) is 6.61 Å². The van der Waals surface area contributed by atoms with Crippen LogP contribution in [-0.2, 0) is 4.74 Å². The van der Waals surface area contributed by atoms with Crippen molar-refractivity contribution in [3.05, 3.63) is 34.7 Å². The van der Waals surface area contributed by atoms with E-state index >= 15 is 0 Å². The summed E-state index contributed by atoms with van der Waals surface area (Å²) in [5, 5.41) is 11.4. The molecule has 0 fully saturated rings. The number of carbonyl (C=O) groups excluding carboxylic acids is 1. The van der Waals surface area contributed by atoms with Crippen LogP contribution in [0.2, 0.25) is 0 Å². The van der Waals surface area contributed by atoms with Crippen LogP contribution in [0.25, 0.3) is 10.1 Å². The van der Waals surface area contributed by atoms with E-state index in [1.54, 1.807) is 30.5 Å². The van der Waals surface area contributed by atoms with Gasteiger partial charge in [-0.2, -0.15) is 5.26 Å². The van der Waals surface area contributed by atoms with Crippen LogP contribution in [-0.4, -0.2) is 12.6 Å². The van der Waals surface area contributed by atoms with Crippen LogP contribution in [0.15, 0.2) is 23.6 Å². The van der Waals surface area contributed by atoms with Gasteiger partial charge in [0.2, 0.25) is 0 Å². The van der Waals surface area contributed by atoms with Gasteiger partial charge in [0, 0.05) is 15.5 Å². The SMILES string of the molecule is CCOC(=O)c1csc2cc(C#N)ccc12. The Hall–Kier alpha value is -1.86. The van der Waals surface area contributed by atoms with Gasteiger partial charge in [-0.05, 0) is 19.1 Å². The molecule has 4 heteroatoms. The van der Waals surface area contributed by atoms with E-state index < -0.39 is 0 Å². The maximum absolute atomic E-state index is 11.6. The molecule has 3 nitrogen and oxygen atoms in total. The molecular formula is C12H9NO2S. The number of ether oxygens (including phenoxy) is 1. The number of carbonyl (C=O) groups is 1. The minimum absolute atomic E-state index is 0.307. The first-order valence-electron chi connectivity index (χ1n) is 4.84. The van der Waals surface area contributed by atoms with Crippen LogP contribution in [0.5, 0.6) is 0 Å². The van der Waals surface area contributed by atoms with Crippen molar-refractivity contribution in [3.63, 3.8) is 0 Å². The second-order valence-electron chi connectivity index (χ2n) is 3.19. The number of benzene rings is 1. The molecule has 0 radical (unpaired) electrons. The fraction of sp³-hybridized carbons (Fsp3) is 0.167. The van der Waals surface area contributed by atoms with Crippen LogP contribution < -0.4 is 0 Å². The molecule has 0 bridgehead atoms. The molecule has 0 aliphatic rings. The molecule has 0 saturated heterocycles. The lowest BCUT2D eigenvalue weighted by Gasteiger charge is -1.99. The van der Waals surface area contributed by atoms with Crippen LogP contribution >= 0.6 is 11.3 Å². The molecule has 0 N–H and O–H groups in total. The van der Waals surface area contributed by atoms with E-state index in [9.17, 15) is 4.79 Å². The Morgan fingerprint density at radius 2 is 2.38 bits per heavy atom. The van der Waals surface area contributed by atoms with Crippen molar-refractivity contribution in [2.45, 2.75) is 6.92 Å². The van der Waals surface area contributed by atoms with Gasteiger partial charge in [-0.25, -0.2) is 4.79 Å². The van der Waals surface area contributed by atoms with E-state index in [0.717, 1.165) is 10.1 Å². The minimum atomic E-state index is -0.307. The van der Waals surface area contributed by atoms with Crippen LogP contribution in [0, 0.1) is 11.3 Å². The van der Waals surface area contributed by atoms with Crippen LogP contribution in [0.1, 0.15) is 22.8 Å². The van der Waals surface area contributed by atoms with Gasteiger partial charge < -0.3 is 4.74 Å². The predicted molar refractivity (Wildman–Crippen MR) is 62.5 cm³/mol. The highest BCUT2D eigenvalue weighted by molar-refractivity contribution is 7.17. The van der Waals surface area contributed by atoms with E-state index in [2.05, 4.69) is 6.07 Å².